The quantitative estimate of drug-likeness (QED) is 0.269. The van der Waals surface area contributed by atoms with E-state index < -0.39 is 0 Å². The number of hydrogen-bond acceptors (Lipinski definition) is 5. The fraction of sp³-hybridized carbons (Fsp3) is 0.261. The Kier molecular flexibility index (Phi) is 5.57. The predicted molar refractivity (Wildman–Crippen MR) is 127 cm³/mol. The van der Waals surface area contributed by atoms with Gasteiger partial charge in [-0.3, -0.25) is 14.3 Å². The Morgan fingerprint density at radius 1 is 1.06 bits per heavy atom. The molecule has 8 nitrogen and oxygen atoms in total. The van der Waals surface area contributed by atoms with Gasteiger partial charge in [-0.1, -0.05) is 44.0 Å². The van der Waals surface area contributed by atoms with Gasteiger partial charge in [-0.05, 0) is 51.2 Å². The van der Waals surface area contributed by atoms with E-state index in [2.05, 4.69) is 60.1 Å². The van der Waals surface area contributed by atoms with Gasteiger partial charge in [0.2, 0.25) is 5.78 Å². The van der Waals surface area contributed by atoms with Crippen LogP contribution in [0.5, 0.6) is 0 Å². The molecule has 0 amide bonds. The molecule has 0 aliphatic rings. The van der Waals surface area contributed by atoms with Crippen molar-refractivity contribution < 1.29 is 0 Å². The summed E-state index contributed by atoms with van der Waals surface area (Å²) in [6.07, 6.45) is 7.23. The van der Waals surface area contributed by atoms with Crippen LogP contribution in [-0.2, 0) is 13.0 Å². The highest BCUT2D eigenvalue weighted by atomic mass is 79.9. The molecule has 0 unspecified atom stereocenters. The van der Waals surface area contributed by atoms with Crippen LogP contribution in [0.15, 0.2) is 58.3 Å². The number of H-pyrrole nitrogens is 1. The molecule has 0 spiro atoms. The van der Waals surface area contributed by atoms with Gasteiger partial charge >= 0.3 is 0 Å². The van der Waals surface area contributed by atoms with Crippen molar-refractivity contribution >= 4 is 32.9 Å². The second kappa shape index (κ2) is 8.66. The van der Waals surface area contributed by atoms with Crippen molar-refractivity contribution in [2.75, 3.05) is 0 Å². The molecule has 0 aliphatic heterocycles. The van der Waals surface area contributed by atoms with Gasteiger partial charge in [-0.2, -0.15) is 0 Å². The molecule has 5 rings (SSSR count). The number of benzene rings is 1. The van der Waals surface area contributed by atoms with E-state index in [1.807, 2.05) is 28.8 Å². The van der Waals surface area contributed by atoms with Crippen molar-refractivity contribution in [1.82, 2.24) is 34.1 Å². The molecule has 0 atom stereocenters. The van der Waals surface area contributed by atoms with Gasteiger partial charge in [-0.15, -0.1) is 10.2 Å². The fourth-order valence-corrected chi connectivity index (χ4v) is 4.37. The zero-order chi connectivity index (χ0) is 22.1. The van der Waals surface area contributed by atoms with Gasteiger partial charge in [0.15, 0.2) is 15.9 Å². The largest absolute Gasteiger partial charge is 0.327 e. The Balaban J connectivity index is 1.59. The first-order chi connectivity index (χ1) is 15.7. The molecule has 5 aromatic rings. The minimum atomic E-state index is -0.190. The maximum absolute atomic E-state index is 13.3. The average Bonchev–Trinajstić information content (AvgIpc) is 3.41. The van der Waals surface area contributed by atoms with E-state index in [0.717, 1.165) is 42.5 Å². The third-order valence-electron chi connectivity index (χ3n) is 5.57. The second-order valence-electron chi connectivity index (χ2n) is 7.75. The lowest BCUT2D eigenvalue weighted by Crippen LogP contribution is -2.21. The molecule has 0 fully saturated rings. The monoisotopic (exact) mass is 491 g/mol. The van der Waals surface area contributed by atoms with E-state index in [-0.39, 0.29) is 5.56 Å². The number of unbranched alkanes of at least 4 members (excludes halogenated alkanes) is 2. The van der Waals surface area contributed by atoms with Crippen LogP contribution in [0.3, 0.4) is 0 Å². The van der Waals surface area contributed by atoms with Gasteiger partial charge in [0.05, 0.1) is 0 Å². The SMILES string of the molecule is CCCCCn1c2nc(Br)[nH]c2c(=O)n2c(Cc3cccc(-c4ccncc4)c3)nnc12. The highest BCUT2D eigenvalue weighted by molar-refractivity contribution is 9.10. The van der Waals surface area contributed by atoms with Crippen molar-refractivity contribution in [2.24, 2.45) is 0 Å². The number of imidazole rings is 1. The average molecular weight is 492 g/mol. The normalized spacial score (nSPS) is 11.6. The first-order valence-electron chi connectivity index (χ1n) is 10.7. The van der Waals surface area contributed by atoms with E-state index in [9.17, 15) is 4.79 Å². The maximum atomic E-state index is 13.3. The lowest BCUT2D eigenvalue weighted by atomic mass is 10.0. The number of aryl methyl sites for hydroxylation is 1. The summed E-state index contributed by atoms with van der Waals surface area (Å²) in [6.45, 7) is 2.89. The third kappa shape index (κ3) is 3.73. The molecule has 0 aliphatic carbocycles. The molecule has 1 N–H and O–H groups in total. The van der Waals surface area contributed by atoms with Crippen molar-refractivity contribution in [2.45, 2.75) is 39.2 Å². The molecule has 4 aromatic heterocycles. The lowest BCUT2D eigenvalue weighted by Gasteiger charge is -2.09. The highest BCUT2D eigenvalue weighted by Gasteiger charge is 2.19. The van der Waals surface area contributed by atoms with Crippen LogP contribution in [0.25, 0.3) is 28.1 Å². The lowest BCUT2D eigenvalue weighted by molar-refractivity contribution is 0.612. The Morgan fingerprint density at radius 3 is 2.72 bits per heavy atom. The molecule has 9 heteroatoms. The van der Waals surface area contributed by atoms with Gasteiger partial charge < -0.3 is 4.98 Å². The number of nitrogens with zero attached hydrogens (tertiary/aromatic N) is 6. The summed E-state index contributed by atoms with van der Waals surface area (Å²) in [5.41, 5.74) is 4.10. The van der Waals surface area contributed by atoms with Crippen LogP contribution in [0, 0.1) is 0 Å². The number of aromatic nitrogens is 7. The van der Waals surface area contributed by atoms with Crippen LogP contribution >= 0.6 is 15.9 Å². The number of aromatic amines is 1. The van der Waals surface area contributed by atoms with Crippen LogP contribution in [0.4, 0.5) is 0 Å². The smallest absolute Gasteiger partial charge is 0.286 e. The van der Waals surface area contributed by atoms with Gasteiger partial charge in [0.25, 0.3) is 5.56 Å². The van der Waals surface area contributed by atoms with Crippen LogP contribution < -0.4 is 5.56 Å². The molecule has 4 heterocycles. The highest BCUT2D eigenvalue weighted by Crippen LogP contribution is 2.22. The van der Waals surface area contributed by atoms with E-state index in [0.29, 0.717) is 33.9 Å². The number of pyridine rings is 1. The van der Waals surface area contributed by atoms with Crippen molar-refractivity contribution in [3.8, 4) is 11.1 Å². The molecular weight excluding hydrogens is 470 g/mol. The maximum Gasteiger partial charge on any atom is 0.286 e. The molecule has 0 radical (unpaired) electrons. The minimum absolute atomic E-state index is 0.190. The summed E-state index contributed by atoms with van der Waals surface area (Å²) in [4.78, 5) is 24.9. The number of fused-ring (bicyclic) bond motifs is 2. The van der Waals surface area contributed by atoms with Crippen molar-refractivity contribution in [1.29, 1.82) is 0 Å². The Bertz CT molecular complexity index is 1450. The summed E-state index contributed by atoms with van der Waals surface area (Å²) in [6, 6.07) is 12.2. The van der Waals surface area contributed by atoms with Crippen LogP contribution in [-0.4, -0.2) is 34.1 Å². The van der Waals surface area contributed by atoms with E-state index >= 15 is 0 Å². The summed E-state index contributed by atoms with van der Waals surface area (Å²) in [7, 11) is 0. The number of nitrogens with one attached hydrogen (secondary N) is 1. The minimum Gasteiger partial charge on any atom is -0.327 e. The molecule has 32 heavy (non-hydrogen) atoms. The Labute approximate surface area is 192 Å². The summed E-state index contributed by atoms with van der Waals surface area (Å²) < 4.78 is 4.12. The van der Waals surface area contributed by atoms with E-state index in [4.69, 9.17) is 0 Å². The van der Waals surface area contributed by atoms with E-state index in [1.54, 1.807) is 16.8 Å². The van der Waals surface area contributed by atoms with Gasteiger partial charge in [0.1, 0.15) is 5.82 Å². The molecule has 0 saturated heterocycles. The Morgan fingerprint density at radius 2 is 1.91 bits per heavy atom. The van der Waals surface area contributed by atoms with Crippen LogP contribution in [0.1, 0.15) is 37.6 Å². The third-order valence-corrected chi connectivity index (χ3v) is 5.95. The second-order valence-corrected chi connectivity index (χ2v) is 8.51. The molecule has 1 aromatic carbocycles. The standard InChI is InChI=1S/C23H22BrN7O/c1-2-3-4-12-30-20-19(26-22(24)27-20)21(32)31-18(28-29-23(30)31)14-15-6-5-7-17(13-15)16-8-10-25-11-9-16/h5-11,13H,2-4,12,14H2,1H3,(H,26,27). The number of halogens is 1. The summed E-state index contributed by atoms with van der Waals surface area (Å²) >= 11 is 3.37. The number of rotatable bonds is 7. The zero-order valence-electron chi connectivity index (χ0n) is 17.6. The van der Waals surface area contributed by atoms with Gasteiger partial charge in [-0.25, -0.2) is 9.38 Å². The molecule has 0 bridgehead atoms. The fourth-order valence-electron chi connectivity index (χ4n) is 4.00. The topological polar surface area (TPSA) is 93.8 Å². The van der Waals surface area contributed by atoms with Crippen molar-refractivity contribution in [3.63, 3.8) is 0 Å². The summed E-state index contributed by atoms with van der Waals surface area (Å²) in [5.74, 6) is 1.13. The van der Waals surface area contributed by atoms with E-state index in [1.165, 1.54) is 0 Å². The van der Waals surface area contributed by atoms with Gasteiger partial charge in [0, 0.05) is 25.4 Å². The number of hydrogen-bond donors (Lipinski definition) is 1. The predicted octanol–water partition coefficient (Wildman–Crippen LogP) is 4.37. The van der Waals surface area contributed by atoms with Crippen LogP contribution in [0.2, 0.25) is 0 Å². The first-order valence-corrected chi connectivity index (χ1v) is 11.5. The summed E-state index contributed by atoms with van der Waals surface area (Å²) in [5, 5.41) is 8.79. The Hall–Kier alpha value is -3.33. The van der Waals surface area contributed by atoms with Crippen molar-refractivity contribution in [3.05, 3.63) is 75.3 Å². The molecule has 0 saturated carbocycles. The first kappa shape index (κ1) is 20.6. The molecule has 162 valence electrons. The zero-order valence-corrected chi connectivity index (χ0v) is 19.2. The molecular formula is C23H22BrN7O.